The number of hydrogen-bond acceptors (Lipinski definition) is 3. The predicted octanol–water partition coefficient (Wildman–Crippen LogP) is 2.97. The third-order valence-electron chi connectivity index (χ3n) is 3.17. The number of hydrogen-bond donors (Lipinski definition) is 1. The van der Waals surface area contributed by atoms with Crippen LogP contribution in [0.25, 0.3) is 0 Å². The molecule has 1 aromatic carbocycles. The summed E-state index contributed by atoms with van der Waals surface area (Å²) >= 11 is 0. The van der Waals surface area contributed by atoms with Crippen LogP contribution in [0, 0.1) is 18.6 Å². The van der Waals surface area contributed by atoms with Crippen molar-refractivity contribution in [2.24, 2.45) is 0 Å². The molecule has 100 valence electrons. The average molecular weight is 263 g/mol. The third kappa shape index (κ3) is 2.41. The van der Waals surface area contributed by atoms with Gasteiger partial charge in [-0.1, -0.05) is 12.1 Å². The van der Waals surface area contributed by atoms with E-state index in [1.807, 2.05) is 13.8 Å². The van der Waals surface area contributed by atoms with Crippen LogP contribution < -0.4 is 5.73 Å². The fourth-order valence-electron chi connectivity index (χ4n) is 1.86. The molecule has 2 N–H and O–H groups in total. The van der Waals surface area contributed by atoms with Gasteiger partial charge in [0.25, 0.3) is 0 Å². The summed E-state index contributed by atoms with van der Waals surface area (Å²) in [6, 6.07) is 6.06. The molecule has 0 saturated heterocycles. The highest BCUT2D eigenvalue weighted by Gasteiger charge is 2.28. The number of benzene rings is 1. The third-order valence-corrected chi connectivity index (χ3v) is 3.17. The van der Waals surface area contributed by atoms with Gasteiger partial charge in [0.2, 0.25) is 0 Å². The molecule has 19 heavy (non-hydrogen) atoms. The molecule has 2 rings (SSSR count). The molecule has 0 unspecified atom stereocenters. The van der Waals surface area contributed by atoms with Crippen molar-refractivity contribution in [2.75, 3.05) is 5.73 Å². The molecule has 0 bridgehead atoms. The summed E-state index contributed by atoms with van der Waals surface area (Å²) in [5, 5.41) is 0. The molecule has 0 spiro atoms. The number of nitrogens with zero attached hydrogens (tertiary/aromatic N) is 2. The number of aromatic nitrogens is 2. The Morgan fingerprint density at radius 1 is 1.05 bits per heavy atom. The van der Waals surface area contributed by atoms with Gasteiger partial charge in [0.1, 0.15) is 11.6 Å². The molecule has 0 amide bonds. The van der Waals surface area contributed by atoms with Crippen molar-refractivity contribution in [1.29, 1.82) is 0 Å². The van der Waals surface area contributed by atoms with Crippen LogP contribution in [0.1, 0.15) is 30.9 Å². The van der Waals surface area contributed by atoms with Crippen molar-refractivity contribution in [1.82, 2.24) is 9.97 Å². The Bertz CT molecular complexity index is 584. The molecule has 0 fully saturated rings. The smallest absolute Gasteiger partial charge is 0.186 e. The number of halogens is 2. The zero-order valence-electron chi connectivity index (χ0n) is 11.0. The Morgan fingerprint density at radius 3 is 2.16 bits per heavy atom. The largest absolute Gasteiger partial charge is 0.381 e. The van der Waals surface area contributed by atoms with Gasteiger partial charge in [-0.3, -0.25) is 0 Å². The highest BCUT2D eigenvalue weighted by molar-refractivity contribution is 5.37. The molecule has 2 aromatic rings. The van der Waals surface area contributed by atoms with E-state index in [-0.39, 0.29) is 17.3 Å². The van der Waals surface area contributed by atoms with Crippen molar-refractivity contribution in [3.63, 3.8) is 0 Å². The molecule has 5 heteroatoms. The zero-order valence-corrected chi connectivity index (χ0v) is 11.0. The van der Waals surface area contributed by atoms with Gasteiger partial charge < -0.3 is 5.73 Å². The van der Waals surface area contributed by atoms with E-state index in [2.05, 4.69) is 9.97 Å². The quantitative estimate of drug-likeness (QED) is 0.906. The summed E-state index contributed by atoms with van der Waals surface area (Å²) in [4.78, 5) is 8.15. The lowest BCUT2D eigenvalue weighted by atomic mass is 9.83. The second kappa shape index (κ2) is 4.57. The van der Waals surface area contributed by atoms with E-state index in [0.717, 1.165) is 5.56 Å². The summed E-state index contributed by atoms with van der Waals surface area (Å²) in [6.45, 7) is 5.30. The summed E-state index contributed by atoms with van der Waals surface area (Å²) in [5.41, 5.74) is 5.99. The SMILES string of the molecule is Cc1nc(C(C)(C)c2ccc(F)cc2)nc(N)c1F. The van der Waals surface area contributed by atoms with E-state index >= 15 is 0 Å². The highest BCUT2D eigenvalue weighted by Crippen LogP contribution is 2.30. The molecule has 0 radical (unpaired) electrons. The molecule has 0 aliphatic carbocycles. The van der Waals surface area contributed by atoms with Crippen molar-refractivity contribution >= 4 is 5.82 Å². The van der Waals surface area contributed by atoms with E-state index in [0.29, 0.717) is 5.82 Å². The molecule has 0 aliphatic rings. The lowest BCUT2D eigenvalue weighted by Crippen LogP contribution is -2.24. The zero-order chi connectivity index (χ0) is 14.2. The second-order valence-corrected chi connectivity index (χ2v) is 4.96. The predicted molar refractivity (Wildman–Crippen MR) is 69.7 cm³/mol. The van der Waals surface area contributed by atoms with E-state index in [4.69, 9.17) is 5.73 Å². The van der Waals surface area contributed by atoms with E-state index in [1.54, 1.807) is 12.1 Å². The van der Waals surface area contributed by atoms with Crippen molar-refractivity contribution in [3.05, 3.63) is 53.0 Å². The van der Waals surface area contributed by atoms with Crippen LogP contribution in [0.3, 0.4) is 0 Å². The molecule has 0 atom stereocenters. The first-order chi connectivity index (χ1) is 8.82. The van der Waals surface area contributed by atoms with Gasteiger partial charge in [-0.15, -0.1) is 0 Å². The summed E-state index contributed by atoms with van der Waals surface area (Å²) in [6.07, 6.45) is 0. The fourth-order valence-corrected chi connectivity index (χ4v) is 1.86. The normalized spacial score (nSPS) is 11.6. The lowest BCUT2D eigenvalue weighted by molar-refractivity contribution is 0.556. The highest BCUT2D eigenvalue weighted by atomic mass is 19.1. The van der Waals surface area contributed by atoms with Gasteiger partial charge in [-0.05, 0) is 38.5 Å². The van der Waals surface area contributed by atoms with Gasteiger partial charge in [0.05, 0.1) is 5.69 Å². The van der Waals surface area contributed by atoms with Gasteiger partial charge in [0, 0.05) is 5.41 Å². The van der Waals surface area contributed by atoms with Gasteiger partial charge in [-0.2, -0.15) is 0 Å². The first-order valence-corrected chi connectivity index (χ1v) is 5.88. The number of anilines is 1. The van der Waals surface area contributed by atoms with Crippen LogP contribution in [0.15, 0.2) is 24.3 Å². The average Bonchev–Trinajstić information content (AvgIpc) is 2.35. The fraction of sp³-hybridized carbons (Fsp3) is 0.286. The first-order valence-electron chi connectivity index (χ1n) is 5.88. The Labute approximate surface area is 110 Å². The Balaban J connectivity index is 2.52. The Kier molecular flexibility index (Phi) is 3.22. The van der Waals surface area contributed by atoms with Gasteiger partial charge >= 0.3 is 0 Å². The van der Waals surface area contributed by atoms with Gasteiger partial charge in [0.15, 0.2) is 11.6 Å². The van der Waals surface area contributed by atoms with E-state index in [1.165, 1.54) is 19.1 Å². The van der Waals surface area contributed by atoms with Crippen molar-refractivity contribution in [2.45, 2.75) is 26.2 Å². The summed E-state index contributed by atoms with van der Waals surface area (Å²) in [5.74, 6) is -0.665. The molecule has 1 aromatic heterocycles. The minimum Gasteiger partial charge on any atom is -0.381 e. The first kappa shape index (κ1) is 13.4. The van der Waals surface area contributed by atoms with Crippen LogP contribution in [0.2, 0.25) is 0 Å². The van der Waals surface area contributed by atoms with Crippen molar-refractivity contribution < 1.29 is 8.78 Å². The maximum absolute atomic E-state index is 13.5. The van der Waals surface area contributed by atoms with Crippen molar-refractivity contribution in [3.8, 4) is 0 Å². The molecule has 0 aliphatic heterocycles. The van der Waals surface area contributed by atoms with Crippen LogP contribution in [-0.2, 0) is 5.41 Å². The van der Waals surface area contributed by atoms with Crippen LogP contribution >= 0.6 is 0 Å². The summed E-state index contributed by atoms with van der Waals surface area (Å²) in [7, 11) is 0. The minimum absolute atomic E-state index is 0.169. The molecule has 0 saturated carbocycles. The maximum Gasteiger partial charge on any atom is 0.186 e. The minimum atomic E-state index is -0.598. The monoisotopic (exact) mass is 263 g/mol. The topological polar surface area (TPSA) is 51.8 Å². The lowest BCUT2D eigenvalue weighted by Gasteiger charge is -2.24. The number of aryl methyl sites for hydroxylation is 1. The van der Waals surface area contributed by atoms with Gasteiger partial charge in [-0.25, -0.2) is 18.7 Å². The maximum atomic E-state index is 13.5. The summed E-state index contributed by atoms with van der Waals surface area (Å²) < 4.78 is 26.4. The molecular weight excluding hydrogens is 248 g/mol. The van der Waals surface area contributed by atoms with E-state index in [9.17, 15) is 8.78 Å². The molecule has 3 nitrogen and oxygen atoms in total. The molecule has 1 heterocycles. The van der Waals surface area contributed by atoms with Crippen LogP contribution in [0.4, 0.5) is 14.6 Å². The Hall–Kier alpha value is -2.04. The second-order valence-electron chi connectivity index (χ2n) is 4.96. The number of nitrogens with two attached hydrogens (primary N) is 1. The molecular formula is C14H15F2N3. The van der Waals surface area contributed by atoms with Crippen LogP contribution in [-0.4, -0.2) is 9.97 Å². The van der Waals surface area contributed by atoms with Crippen LogP contribution in [0.5, 0.6) is 0 Å². The Morgan fingerprint density at radius 2 is 1.63 bits per heavy atom. The number of rotatable bonds is 2. The van der Waals surface area contributed by atoms with E-state index < -0.39 is 11.2 Å². The standard InChI is InChI=1S/C14H15F2N3/c1-8-11(16)12(17)19-13(18-8)14(2,3)9-4-6-10(15)7-5-9/h4-7H,1-3H3,(H2,17,18,19). The number of nitrogen functional groups attached to an aromatic ring is 1.